The summed E-state index contributed by atoms with van der Waals surface area (Å²) < 4.78 is 11.3. The Kier molecular flexibility index (Phi) is 7.99. The number of pyridine rings is 1. The summed E-state index contributed by atoms with van der Waals surface area (Å²) in [6.45, 7) is -0.0934. The Balaban J connectivity index is 1.31. The molecule has 3 aromatic carbocycles. The number of hydrogen-bond acceptors (Lipinski definition) is 6. The summed E-state index contributed by atoms with van der Waals surface area (Å²) in [6.07, 6.45) is 3.05. The van der Waals surface area contributed by atoms with Crippen LogP contribution in [0.5, 0.6) is 11.5 Å². The second kappa shape index (κ2) is 11.5. The maximum absolute atomic E-state index is 12.1. The molecule has 1 heterocycles. The summed E-state index contributed by atoms with van der Waals surface area (Å²) in [5.74, 6) is -0.681. The van der Waals surface area contributed by atoms with E-state index in [9.17, 15) is 9.59 Å². The predicted molar refractivity (Wildman–Crippen MR) is 137 cm³/mol. The second-order valence-corrected chi connectivity index (χ2v) is 8.33. The quantitative estimate of drug-likeness (QED) is 0.226. The lowest BCUT2D eigenvalue weighted by atomic mass is 10.1. The van der Waals surface area contributed by atoms with E-state index < -0.39 is 11.9 Å². The van der Waals surface area contributed by atoms with Crippen LogP contribution in [0, 0.1) is 0 Å². The molecule has 8 nitrogen and oxygen atoms in total. The molecule has 0 aliphatic carbocycles. The van der Waals surface area contributed by atoms with Crippen molar-refractivity contribution in [2.45, 2.75) is 6.61 Å². The minimum Gasteiger partial charge on any atom is -0.486 e. The Hall–Kier alpha value is -4.14. The van der Waals surface area contributed by atoms with Crippen molar-refractivity contribution in [2.75, 3.05) is 6.61 Å². The van der Waals surface area contributed by atoms with E-state index in [4.69, 9.17) is 37.8 Å². The van der Waals surface area contributed by atoms with Crippen LogP contribution in [0.15, 0.2) is 78.0 Å². The molecule has 1 amide bonds. The molecule has 0 atom stereocenters. The number of amides is 1. The van der Waals surface area contributed by atoms with Gasteiger partial charge in [-0.05, 0) is 47.5 Å². The molecule has 2 N–H and O–H groups in total. The fraction of sp³-hybridized carbons (Fsp3) is 0.0769. The summed E-state index contributed by atoms with van der Waals surface area (Å²) in [4.78, 5) is 27.4. The summed E-state index contributed by atoms with van der Waals surface area (Å²) >= 11 is 12.6. The van der Waals surface area contributed by atoms with Gasteiger partial charge in [0.15, 0.2) is 12.4 Å². The first-order valence-electron chi connectivity index (χ1n) is 10.6. The van der Waals surface area contributed by atoms with Crippen LogP contribution >= 0.6 is 23.2 Å². The van der Waals surface area contributed by atoms with E-state index in [1.165, 1.54) is 18.3 Å². The van der Waals surface area contributed by atoms with E-state index in [1.54, 1.807) is 36.5 Å². The molecule has 0 saturated carbocycles. The smallest absolute Gasteiger partial charge is 0.335 e. The third-order valence-corrected chi connectivity index (χ3v) is 5.52. The number of hydrazone groups is 1. The minimum atomic E-state index is -1.00. The van der Waals surface area contributed by atoms with Gasteiger partial charge in [0.2, 0.25) is 0 Å². The number of fused-ring (bicyclic) bond motifs is 1. The molecule has 0 spiro atoms. The van der Waals surface area contributed by atoms with Gasteiger partial charge in [-0.15, -0.1) is 0 Å². The molecule has 10 heteroatoms. The zero-order valence-corrected chi connectivity index (χ0v) is 20.2. The Morgan fingerprint density at radius 2 is 1.72 bits per heavy atom. The normalized spacial score (nSPS) is 10.9. The lowest BCUT2D eigenvalue weighted by Crippen LogP contribution is -2.24. The molecular formula is C26H19Cl2N3O5. The van der Waals surface area contributed by atoms with Gasteiger partial charge in [0.05, 0.1) is 21.8 Å². The van der Waals surface area contributed by atoms with Crippen molar-refractivity contribution in [2.24, 2.45) is 5.10 Å². The van der Waals surface area contributed by atoms with Gasteiger partial charge < -0.3 is 14.6 Å². The number of carbonyl (C=O) groups excluding carboxylic acids is 1. The molecule has 1 aromatic heterocycles. The number of halogens is 2. The average molecular weight is 524 g/mol. The van der Waals surface area contributed by atoms with E-state index in [0.717, 1.165) is 10.9 Å². The lowest BCUT2D eigenvalue weighted by Gasteiger charge is -2.11. The number of carboxylic acid groups (broad SMARTS) is 1. The van der Waals surface area contributed by atoms with Crippen molar-refractivity contribution in [3.8, 4) is 11.5 Å². The highest BCUT2D eigenvalue weighted by Gasteiger charge is 2.11. The molecule has 0 unspecified atom stereocenters. The maximum atomic E-state index is 12.1. The van der Waals surface area contributed by atoms with Crippen LogP contribution in [0.2, 0.25) is 10.0 Å². The molecule has 4 aromatic rings. The number of rotatable bonds is 9. The Morgan fingerprint density at radius 3 is 2.44 bits per heavy atom. The molecule has 0 fully saturated rings. The standard InChI is InChI=1S/C26H19Cl2N3O5/c27-20-11-17(12-21(28)25(20)36-14-16-6-8-19(9-7-16)26(33)34)13-30-31-23(32)15-35-22-5-1-3-18-4-2-10-29-24(18)22/h1-13H,14-15H2,(H,31,32)(H,33,34)/b30-13+. The first-order chi connectivity index (χ1) is 17.4. The van der Waals surface area contributed by atoms with Crippen molar-refractivity contribution >= 4 is 52.2 Å². The van der Waals surface area contributed by atoms with Gasteiger partial charge in [0.25, 0.3) is 5.91 Å². The Labute approximate surface area is 216 Å². The fourth-order valence-corrected chi connectivity index (χ4v) is 3.85. The molecule has 0 aliphatic rings. The topological polar surface area (TPSA) is 110 Å². The molecule has 0 bridgehead atoms. The third kappa shape index (κ3) is 6.29. The van der Waals surface area contributed by atoms with Gasteiger partial charge >= 0.3 is 5.97 Å². The number of aromatic nitrogens is 1. The number of nitrogens with zero attached hydrogens (tertiary/aromatic N) is 2. The first kappa shape index (κ1) is 25.0. The summed E-state index contributed by atoms with van der Waals surface area (Å²) in [6, 6.07) is 18.7. The van der Waals surface area contributed by atoms with E-state index in [2.05, 4.69) is 15.5 Å². The number of aromatic carboxylic acids is 1. The van der Waals surface area contributed by atoms with Crippen LogP contribution < -0.4 is 14.9 Å². The fourth-order valence-electron chi connectivity index (χ4n) is 3.24. The monoisotopic (exact) mass is 523 g/mol. The minimum absolute atomic E-state index is 0.148. The van der Waals surface area contributed by atoms with E-state index in [-0.39, 0.29) is 34.6 Å². The highest BCUT2D eigenvalue weighted by atomic mass is 35.5. The van der Waals surface area contributed by atoms with Crippen molar-refractivity contribution in [1.82, 2.24) is 10.4 Å². The van der Waals surface area contributed by atoms with Crippen LogP contribution in [-0.4, -0.2) is 34.8 Å². The SMILES string of the molecule is O=C(COc1cccc2cccnc12)N/N=C/c1cc(Cl)c(OCc2ccc(C(=O)O)cc2)c(Cl)c1. The number of benzene rings is 3. The number of para-hydroxylation sites is 1. The highest BCUT2D eigenvalue weighted by molar-refractivity contribution is 6.37. The van der Waals surface area contributed by atoms with Crippen LogP contribution in [-0.2, 0) is 11.4 Å². The van der Waals surface area contributed by atoms with Crippen LogP contribution in [0.4, 0.5) is 0 Å². The van der Waals surface area contributed by atoms with E-state index >= 15 is 0 Å². The summed E-state index contributed by atoms with van der Waals surface area (Å²) in [5, 5.41) is 14.3. The number of ether oxygens (including phenoxy) is 2. The molecule has 0 aliphatic heterocycles. The zero-order valence-electron chi connectivity index (χ0n) is 18.7. The van der Waals surface area contributed by atoms with Crippen molar-refractivity contribution in [3.63, 3.8) is 0 Å². The molecule has 0 saturated heterocycles. The number of hydrogen-bond donors (Lipinski definition) is 2. The van der Waals surface area contributed by atoms with Gasteiger partial charge in [-0.2, -0.15) is 5.10 Å². The Bertz CT molecular complexity index is 1410. The predicted octanol–water partition coefficient (Wildman–Crippen LogP) is 5.35. The largest absolute Gasteiger partial charge is 0.486 e. The van der Waals surface area contributed by atoms with Crippen LogP contribution in [0.1, 0.15) is 21.5 Å². The number of carboxylic acids is 1. The third-order valence-electron chi connectivity index (χ3n) is 4.96. The molecular weight excluding hydrogens is 505 g/mol. The van der Waals surface area contributed by atoms with Crippen molar-refractivity contribution in [1.29, 1.82) is 0 Å². The molecule has 182 valence electrons. The van der Waals surface area contributed by atoms with Gasteiger partial charge in [-0.3, -0.25) is 9.78 Å². The Morgan fingerprint density at radius 1 is 1.00 bits per heavy atom. The average Bonchev–Trinajstić information content (AvgIpc) is 2.87. The molecule has 0 radical (unpaired) electrons. The summed E-state index contributed by atoms with van der Waals surface area (Å²) in [5.41, 5.74) is 4.53. The van der Waals surface area contributed by atoms with E-state index in [0.29, 0.717) is 16.8 Å². The zero-order chi connectivity index (χ0) is 25.5. The molecule has 36 heavy (non-hydrogen) atoms. The van der Waals surface area contributed by atoms with Crippen LogP contribution in [0.25, 0.3) is 10.9 Å². The molecule has 4 rings (SSSR count). The van der Waals surface area contributed by atoms with Crippen molar-refractivity contribution < 1.29 is 24.2 Å². The van der Waals surface area contributed by atoms with Gasteiger partial charge in [0, 0.05) is 11.6 Å². The van der Waals surface area contributed by atoms with Crippen molar-refractivity contribution in [3.05, 3.63) is 99.7 Å². The van der Waals surface area contributed by atoms with E-state index in [1.807, 2.05) is 24.3 Å². The number of carbonyl (C=O) groups is 2. The van der Waals surface area contributed by atoms with Crippen LogP contribution in [0.3, 0.4) is 0 Å². The van der Waals surface area contributed by atoms with Gasteiger partial charge in [0.1, 0.15) is 17.9 Å². The first-order valence-corrected chi connectivity index (χ1v) is 11.4. The maximum Gasteiger partial charge on any atom is 0.335 e. The highest BCUT2D eigenvalue weighted by Crippen LogP contribution is 2.34. The lowest BCUT2D eigenvalue weighted by molar-refractivity contribution is -0.123. The summed E-state index contributed by atoms with van der Waals surface area (Å²) in [7, 11) is 0. The number of nitrogens with one attached hydrogen (secondary N) is 1. The van der Waals surface area contributed by atoms with Gasteiger partial charge in [-0.25, -0.2) is 10.2 Å². The van der Waals surface area contributed by atoms with Gasteiger partial charge in [-0.1, -0.05) is 53.5 Å². The second-order valence-electron chi connectivity index (χ2n) is 7.52.